The second-order valence-electron chi connectivity index (χ2n) is 1.91. The van der Waals surface area contributed by atoms with E-state index in [4.69, 9.17) is 0 Å². The molecule has 1 aromatic heterocycles. The van der Waals surface area contributed by atoms with Gasteiger partial charge >= 0.3 is 29.6 Å². The Balaban J connectivity index is 0. The molecule has 0 aliphatic heterocycles. The van der Waals surface area contributed by atoms with Crippen LogP contribution in [0.3, 0.4) is 0 Å². The third-order valence-corrected chi connectivity index (χ3v) is 1.07. The van der Waals surface area contributed by atoms with Crippen molar-refractivity contribution in [2.24, 2.45) is 0 Å². The maximum atomic E-state index is 10.9. The fourth-order valence-electron chi connectivity index (χ4n) is 0.619. The first-order chi connectivity index (χ1) is 4.84. The van der Waals surface area contributed by atoms with Crippen molar-refractivity contribution < 1.29 is 35.8 Å². The Kier molecular flexibility index (Phi) is 5.27. The molecule has 0 spiro atoms. The van der Waals surface area contributed by atoms with Crippen molar-refractivity contribution in [1.82, 2.24) is 20.6 Å². The van der Waals surface area contributed by atoms with Crippen LogP contribution in [-0.4, -0.2) is 26.4 Å². The summed E-state index contributed by atoms with van der Waals surface area (Å²) in [5, 5.41) is 12.6. The van der Waals surface area contributed by atoms with Crippen molar-refractivity contribution in [3.8, 4) is 0 Å². The van der Waals surface area contributed by atoms with E-state index >= 15 is 0 Å². The summed E-state index contributed by atoms with van der Waals surface area (Å²) in [5.41, 5.74) is 0. The molecule has 0 bridgehead atoms. The van der Waals surface area contributed by atoms with E-state index in [0.717, 1.165) is 6.42 Å². The molecule has 5 nitrogen and oxygen atoms in total. The van der Waals surface area contributed by atoms with Gasteiger partial charge in [0.2, 0.25) is 11.6 Å². The molecule has 0 aromatic carbocycles. The van der Waals surface area contributed by atoms with E-state index < -0.39 is 0 Å². The molecule has 0 aliphatic rings. The zero-order valence-corrected chi connectivity index (χ0v) is 8.66. The van der Waals surface area contributed by atoms with Gasteiger partial charge in [0.1, 0.15) is 0 Å². The number of Topliss-reactive ketones (excluding diaryl/α,β-unsaturated/α-hetero) is 1. The minimum atomic E-state index is -0.0590. The summed E-state index contributed by atoms with van der Waals surface area (Å²) in [6, 6.07) is 0. The molecule has 0 aliphatic carbocycles. The number of carbonyl (C=O) groups is 1. The Hall–Kier alpha value is -0.260. The summed E-state index contributed by atoms with van der Waals surface area (Å²) in [4.78, 5) is 10.9. The standard InChI is InChI=1S/C5H8N4O.Na.H/c1-2-3-4(10)5-6-8-9-7-5;;/h2-3H2,1H3,(H,6,7,8,9);;/q;+1;-1. The number of nitrogens with one attached hydrogen (secondary N) is 1. The molecule has 56 valence electrons. The number of hydrogen-bond donors (Lipinski definition) is 1. The minimum absolute atomic E-state index is 0. The predicted molar refractivity (Wildman–Crippen MR) is 34.5 cm³/mol. The molecule has 0 fully saturated rings. The molecular formula is C5H9N4NaO. The van der Waals surface area contributed by atoms with E-state index in [9.17, 15) is 4.79 Å². The third-order valence-electron chi connectivity index (χ3n) is 1.07. The molecule has 6 heteroatoms. The Morgan fingerprint density at radius 2 is 2.45 bits per heavy atom. The number of ketones is 1. The van der Waals surface area contributed by atoms with E-state index in [1.165, 1.54) is 0 Å². The third kappa shape index (κ3) is 3.09. The second-order valence-corrected chi connectivity index (χ2v) is 1.91. The number of aromatic amines is 1. The smallest absolute Gasteiger partial charge is 1.00 e. The molecule has 1 rings (SSSR count). The molecule has 1 N–H and O–H groups in total. The Bertz CT molecular complexity index is 215. The summed E-state index contributed by atoms with van der Waals surface area (Å²) < 4.78 is 0. The molecule has 1 heterocycles. The van der Waals surface area contributed by atoms with E-state index in [1.54, 1.807) is 0 Å². The van der Waals surface area contributed by atoms with Gasteiger partial charge in [-0.1, -0.05) is 6.92 Å². The first-order valence-corrected chi connectivity index (χ1v) is 3.11. The van der Waals surface area contributed by atoms with Crippen LogP contribution in [0.15, 0.2) is 0 Å². The second kappa shape index (κ2) is 5.40. The maximum Gasteiger partial charge on any atom is 1.00 e. The Morgan fingerprint density at radius 3 is 2.91 bits per heavy atom. The molecular weight excluding hydrogens is 155 g/mol. The fourth-order valence-corrected chi connectivity index (χ4v) is 0.619. The molecule has 11 heavy (non-hydrogen) atoms. The molecule has 0 saturated carbocycles. The van der Waals surface area contributed by atoms with Gasteiger partial charge in [0.25, 0.3) is 0 Å². The number of H-pyrrole nitrogens is 1. The van der Waals surface area contributed by atoms with Crippen LogP contribution in [-0.2, 0) is 0 Å². The van der Waals surface area contributed by atoms with Gasteiger partial charge in [0.15, 0.2) is 0 Å². The molecule has 0 amide bonds. The van der Waals surface area contributed by atoms with Gasteiger partial charge in [-0.15, -0.1) is 10.2 Å². The van der Waals surface area contributed by atoms with Gasteiger partial charge in [-0.05, 0) is 11.6 Å². The first kappa shape index (κ1) is 10.7. The van der Waals surface area contributed by atoms with E-state index in [-0.39, 0.29) is 42.6 Å². The number of nitrogens with zero attached hydrogens (tertiary/aromatic N) is 3. The van der Waals surface area contributed by atoms with Crippen LogP contribution in [0.5, 0.6) is 0 Å². The van der Waals surface area contributed by atoms with Crippen molar-refractivity contribution in [2.75, 3.05) is 0 Å². The summed E-state index contributed by atoms with van der Waals surface area (Å²) in [7, 11) is 0. The zero-order valence-electron chi connectivity index (χ0n) is 7.66. The maximum absolute atomic E-state index is 10.9. The number of aromatic nitrogens is 4. The zero-order chi connectivity index (χ0) is 7.40. The van der Waals surface area contributed by atoms with Crippen molar-refractivity contribution in [1.29, 1.82) is 0 Å². The van der Waals surface area contributed by atoms with Gasteiger partial charge in [-0.25, -0.2) is 0 Å². The van der Waals surface area contributed by atoms with Crippen LogP contribution in [0.1, 0.15) is 31.8 Å². The number of carbonyl (C=O) groups excluding carboxylic acids is 1. The average molecular weight is 164 g/mol. The molecule has 0 saturated heterocycles. The molecule has 0 atom stereocenters. The van der Waals surface area contributed by atoms with Gasteiger partial charge in [0, 0.05) is 6.42 Å². The minimum Gasteiger partial charge on any atom is -1.00 e. The van der Waals surface area contributed by atoms with Crippen LogP contribution < -0.4 is 29.6 Å². The van der Waals surface area contributed by atoms with Gasteiger partial charge < -0.3 is 1.43 Å². The van der Waals surface area contributed by atoms with E-state index in [2.05, 4.69) is 20.6 Å². The number of rotatable bonds is 3. The normalized spacial score (nSPS) is 8.82. The van der Waals surface area contributed by atoms with Gasteiger partial charge in [0.05, 0.1) is 0 Å². The van der Waals surface area contributed by atoms with Crippen molar-refractivity contribution in [2.45, 2.75) is 19.8 Å². The van der Waals surface area contributed by atoms with Crippen molar-refractivity contribution in [3.63, 3.8) is 0 Å². The van der Waals surface area contributed by atoms with Crippen LogP contribution in [0, 0.1) is 0 Å². The van der Waals surface area contributed by atoms with Gasteiger partial charge in [-0.2, -0.15) is 5.21 Å². The van der Waals surface area contributed by atoms with E-state index in [1.807, 2.05) is 6.92 Å². The predicted octanol–water partition coefficient (Wildman–Crippen LogP) is -2.70. The van der Waals surface area contributed by atoms with Crippen LogP contribution >= 0.6 is 0 Å². The Morgan fingerprint density at radius 1 is 1.73 bits per heavy atom. The molecule has 1 aromatic rings. The molecule has 0 radical (unpaired) electrons. The van der Waals surface area contributed by atoms with Crippen molar-refractivity contribution >= 4 is 5.78 Å². The van der Waals surface area contributed by atoms with Crippen LogP contribution in [0.2, 0.25) is 0 Å². The van der Waals surface area contributed by atoms with Crippen molar-refractivity contribution in [3.05, 3.63) is 5.82 Å². The Labute approximate surface area is 87.7 Å². The summed E-state index contributed by atoms with van der Waals surface area (Å²) in [6.07, 6.45) is 1.30. The summed E-state index contributed by atoms with van der Waals surface area (Å²) in [6.45, 7) is 1.93. The largest absolute Gasteiger partial charge is 1.00 e. The average Bonchev–Trinajstić information content (AvgIpc) is 2.38. The SMILES string of the molecule is CCCC(=O)c1nn[nH]n1.[H-].[Na+]. The van der Waals surface area contributed by atoms with Gasteiger partial charge in [-0.3, -0.25) is 4.79 Å². The summed E-state index contributed by atoms with van der Waals surface area (Å²) >= 11 is 0. The quantitative estimate of drug-likeness (QED) is 0.390. The number of tetrazole rings is 1. The fraction of sp³-hybridized carbons (Fsp3) is 0.600. The monoisotopic (exact) mass is 164 g/mol. The summed E-state index contributed by atoms with van der Waals surface area (Å²) in [5.74, 6) is 0.123. The first-order valence-electron chi connectivity index (χ1n) is 3.11. The van der Waals surface area contributed by atoms with E-state index in [0.29, 0.717) is 6.42 Å². The number of hydrogen-bond acceptors (Lipinski definition) is 4. The molecule has 0 unspecified atom stereocenters. The topological polar surface area (TPSA) is 71.5 Å². The van der Waals surface area contributed by atoms with Crippen LogP contribution in [0.25, 0.3) is 0 Å². The van der Waals surface area contributed by atoms with Crippen LogP contribution in [0.4, 0.5) is 0 Å².